The zero-order chi connectivity index (χ0) is 19.6. The van der Waals surface area contributed by atoms with Crippen molar-refractivity contribution in [2.75, 3.05) is 0 Å². The van der Waals surface area contributed by atoms with E-state index in [9.17, 15) is 15.0 Å². The summed E-state index contributed by atoms with van der Waals surface area (Å²) in [4.78, 5) is 12.2. The molecule has 0 bridgehead atoms. The fourth-order valence-electron chi connectivity index (χ4n) is 5.87. The average Bonchev–Trinajstić information content (AvgIpc) is 2.84. The number of carbonyl (C=O) groups excluding carboxylic acids is 1. The second-order valence-corrected chi connectivity index (χ2v) is 10.2. The van der Waals surface area contributed by atoms with Crippen LogP contribution in [0.25, 0.3) is 0 Å². The standard InChI is InChI=1S/C23H32O4/c1-22(2,3)21(26)27-14-6-8-15-13(11-14)5-7-17-16(15)9-10-23(4)18(17)12-19(24)20(23)25/h6,8,11,16-20,24-25H,5,7,9-10,12H2,1-4H3/t16-,17-,18+,19-,20+,23+/m1/s1. The Morgan fingerprint density at radius 3 is 2.67 bits per heavy atom. The van der Waals surface area contributed by atoms with Crippen LogP contribution in [0.1, 0.15) is 70.4 Å². The normalized spacial score (nSPS) is 37.9. The lowest BCUT2D eigenvalue weighted by Crippen LogP contribution is -2.44. The van der Waals surface area contributed by atoms with Crippen LogP contribution in [0.3, 0.4) is 0 Å². The number of rotatable bonds is 1. The van der Waals surface area contributed by atoms with Gasteiger partial charge in [0.2, 0.25) is 0 Å². The fourth-order valence-corrected chi connectivity index (χ4v) is 5.87. The average molecular weight is 373 g/mol. The maximum absolute atomic E-state index is 12.2. The SMILES string of the molecule is CC(C)(C)C(=O)Oc1ccc2c(c1)CC[C@@H]1[C@@H]2CC[C@]2(C)[C@@H](O)[C@H](O)C[C@@H]12. The molecule has 2 fully saturated rings. The molecule has 6 atom stereocenters. The van der Waals surface area contributed by atoms with E-state index in [4.69, 9.17) is 4.74 Å². The third-order valence-electron chi connectivity index (χ3n) is 7.49. The van der Waals surface area contributed by atoms with Crippen LogP contribution in [-0.2, 0) is 11.2 Å². The molecule has 0 saturated heterocycles. The van der Waals surface area contributed by atoms with Crippen molar-refractivity contribution in [3.63, 3.8) is 0 Å². The molecule has 0 radical (unpaired) electrons. The van der Waals surface area contributed by atoms with Gasteiger partial charge in [-0.05, 0) is 99.3 Å². The third-order valence-corrected chi connectivity index (χ3v) is 7.49. The second-order valence-electron chi connectivity index (χ2n) is 10.2. The number of ether oxygens (including phenoxy) is 1. The highest BCUT2D eigenvalue weighted by atomic mass is 16.5. The van der Waals surface area contributed by atoms with E-state index >= 15 is 0 Å². The zero-order valence-electron chi connectivity index (χ0n) is 16.9. The Hall–Kier alpha value is -1.39. The van der Waals surface area contributed by atoms with Crippen LogP contribution < -0.4 is 4.74 Å². The predicted molar refractivity (Wildman–Crippen MR) is 104 cm³/mol. The lowest BCUT2D eigenvalue weighted by molar-refractivity contribution is -0.143. The molecule has 0 aliphatic heterocycles. The first-order chi connectivity index (χ1) is 12.6. The maximum atomic E-state index is 12.2. The highest BCUT2D eigenvalue weighted by molar-refractivity contribution is 5.77. The van der Waals surface area contributed by atoms with E-state index in [0.717, 1.165) is 32.1 Å². The zero-order valence-corrected chi connectivity index (χ0v) is 16.9. The molecule has 3 aliphatic carbocycles. The molecule has 0 aromatic heterocycles. The van der Waals surface area contributed by atoms with Crippen LogP contribution in [-0.4, -0.2) is 28.4 Å². The Kier molecular flexibility index (Phi) is 4.43. The quantitative estimate of drug-likeness (QED) is 0.581. The van der Waals surface area contributed by atoms with Crippen LogP contribution in [0.2, 0.25) is 0 Å². The van der Waals surface area contributed by atoms with Crippen molar-refractivity contribution in [1.82, 2.24) is 0 Å². The smallest absolute Gasteiger partial charge is 0.316 e. The molecule has 4 rings (SSSR count). The van der Waals surface area contributed by atoms with Crippen molar-refractivity contribution in [3.8, 4) is 5.75 Å². The molecule has 4 nitrogen and oxygen atoms in total. The molecular formula is C23H32O4. The summed E-state index contributed by atoms with van der Waals surface area (Å²) < 4.78 is 5.59. The van der Waals surface area contributed by atoms with Crippen molar-refractivity contribution in [1.29, 1.82) is 0 Å². The number of hydrogen-bond acceptors (Lipinski definition) is 4. The molecule has 1 aromatic carbocycles. The summed E-state index contributed by atoms with van der Waals surface area (Å²) in [6.45, 7) is 7.75. The van der Waals surface area contributed by atoms with Crippen LogP contribution in [0.4, 0.5) is 0 Å². The summed E-state index contributed by atoms with van der Waals surface area (Å²) in [7, 11) is 0. The number of aliphatic hydroxyl groups excluding tert-OH is 2. The van der Waals surface area contributed by atoms with Crippen molar-refractivity contribution in [3.05, 3.63) is 29.3 Å². The number of hydrogen-bond donors (Lipinski definition) is 2. The third kappa shape index (κ3) is 3.01. The molecule has 27 heavy (non-hydrogen) atoms. The monoisotopic (exact) mass is 372 g/mol. The summed E-state index contributed by atoms with van der Waals surface area (Å²) >= 11 is 0. The predicted octanol–water partition coefficient (Wildman–Crippen LogP) is 3.83. The minimum Gasteiger partial charge on any atom is -0.426 e. The van der Waals surface area contributed by atoms with E-state index in [0.29, 0.717) is 23.5 Å². The van der Waals surface area contributed by atoms with Gasteiger partial charge in [0.05, 0.1) is 17.6 Å². The molecule has 4 heteroatoms. The first-order valence-electron chi connectivity index (χ1n) is 10.3. The Labute approximate surface area is 161 Å². The van der Waals surface area contributed by atoms with Gasteiger partial charge in [0.15, 0.2) is 0 Å². The van der Waals surface area contributed by atoms with Crippen LogP contribution in [0.5, 0.6) is 5.75 Å². The van der Waals surface area contributed by atoms with E-state index in [1.807, 2.05) is 32.9 Å². The molecule has 3 aliphatic rings. The van der Waals surface area contributed by atoms with E-state index in [2.05, 4.69) is 13.0 Å². The second kappa shape index (κ2) is 6.31. The summed E-state index contributed by atoms with van der Waals surface area (Å²) in [6, 6.07) is 6.11. The molecule has 148 valence electrons. The van der Waals surface area contributed by atoms with E-state index < -0.39 is 17.6 Å². The number of aryl methyl sites for hydroxylation is 1. The number of benzene rings is 1. The van der Waals surface area contributed by atoms with Gasteiger partial charge in [-0.2, -0.15) is 0 Å². The molecular weight excluding hydrogens is 340 g/mol. The Balaban J connectivity index is 1.58. The van der Waals surface area contributed by atoms with Crippen molar-refractivity contribution in [2.24, 2.45) is 22.7 Å². The lowest BCUT2D eigenvalue weighted by atomic mass is 9.55. The highest BCUT2D eigenvalue weighted by Gasteiger charge is 2.57. The van der Waals surface area contributed by atoms with Crippen LogP contribution >= 0.6 is 0 Å². The van der Waals surface area contributed by atoms with Gasteiger partial charge in [0, 0.05) is 0 Å². The number of aliphatic hydroxyl groups is 2. The molecule has 0 amide bonds. The fraction of sp³-hybridized carbons (Fsp3) is 0.696. The highest BCUT2D eigenvalue weighted by Crippen LogP contribution is 2.60. The van der Waals surface area contributed by atoms with E-state index in [1.165, 1.54) is 11.1 Å². The van der Waals surface area contributed by atoms with Crippen LogP contribution in [0, 0.1) is 22.7 Å². The maximum Gasteiger partial charge on any atom is 0.316 e. The summed E-state index contributed by atoms with van der Waals surface area (Å²) in [5, 5.41) is 20.8. The number of carbonyl (C=O) groups is 1. The van der Waals surface area contributed by atoms with Gasteiger partial charge in [0.1, 0.15) is 5.75 Å². The van der Waals surface area contributed by atoms with Gasteiger partial charge in [-0.25, -0.2) is 0 Å². The first kappa shape index (κ1) is 18.9. The molecule has 2 N–H and O–H groups in total. The molecule has 0 spiro atoms. The van der Waals surface area contributed by atoms with Crippen molar-refractivity contribution in [2.45, 2.75) is 77.9 Å². The van der Waals surface area contributed by atoms with Crippen molar-refractivity contribution >= 4 is 5.97 Å². The van der Waals surface area contributed by atoms with Gasteiger partial charge in [0.25, 0.3) is 0 Å². The van der Waals surface area contributed by atoms with E-state index in [-0.39, 0.29) is 11.4 Å². The topological polar surface area (TPSA) is 66.8 Å². The van der Waals surface area contributed by atoms with Gasteiger partial charge in [-0.1, -0.05) is 13.0 Å². The Morgan fingerprint density at radius 1 is 1.22 bits per heavy atom. The largest absolute Gasteiger partial charge is 0.426 e. The molecule has 2 saturated carbocycles. The summed E-state index contributed by atoms with van der Waals surface area (Å²) in [5.41, 5.74) is 2.00. The molecule has 0 unspecified atom stereocenters. The van der Waals surface area contributed by atoms with Gasteiger partial charge in [-0.3, -0.25) is 4.79 Å². The van der Waals surface area contributed by atoms with Crippen molar-refractivity contribution < 1.29 is 19.7 Å². The van der Waals surface area contributed by atoms with E-state index in [1.54, 1.807) is 0 Å². The van der Waals surface area contributed by atoms with Crippen LogP contribution in [0.15, 0.2) is 18.2 Å². The van der Waals surface area contributed by atoms with Gasteiger partial charge in [-0.15, -0.1) is 0 Å². The molecule has 1 aromatic rings. The molecule has 0 heterocycles. The Morgan fingerprint density at radius 2 is 1.96 bits per heavy atom. The Bertz CT molecular complexity index is 749. The minimum absolute atomic E-state index is 0.153. The van der Waals surface area contributed by atoms with Gasteiger partial charge < -0.3 is 14.9 Å². The lowest BCUT2D eigenvalue weighted by Gasteiger charge is -2.49. The number of esters is 1. The summed E-state index contributed by atoms with van der Waals surface area (Å²) in [5.74, 6) is 1.81. The summed E-state index contributed by atoms with van der Waals surface area (Å²) in [6.07, 6.45) is 3.59. The minimum atomic E-state index is -0.593. The first-order valence-corrected chi connectivity index (χ1v) is 10.3. The number of fused-ring (bicyclic) bond motifs is 5. The van der Waals surface area contributed by atoms with Gasteiger partial charge >= 0.3 is 5.97 Å².